The molecular weight excluding hydrogens is 238 g/mol. The van der Waals surface area contributed by atoms with Gasteiger partial charge in [-0.05, 0) is 25.0 Å². The van der Waals surface area contributed by atoms with Gasteiger partial charge in [-0.1, -0.05) is 6.08 Å². The van der Waals surface area contributed by atoms with Crippen LogP contribution in [-0.4, -0.2) is 45.5 Å². The van der Waals surface area contributed by atoms with Gasteiger partial charge in [0.1, 0.15) is 5.52 Å². The highest BCUT2D eigenvalue weighted by Crippen LogP contribution is 2.16. The molecule has 1 aliphatic heterocycles. The summed E-state index contributed by atoms with van der Waals surface area (Å²) in [6.07, 6.45) is 6.02. The van der Waals surface area contributed by atoms with Crippen molar-refractivity contribution in [1.82, 2.24) is 19.9 Å². The Morgan fingerprint density at radius 2 is 2.32 bits per heavy atom. The molecular formula is C14H19N5. The SMILES string of the molecule is C=CCN1CCC(Nc2nc3cccnc3[nH]2)CC1. The van der Waals surface area contributed by atoms with Gasteiger partial charge >= 0.3 is 0 Å². The first-order valence-corrected chi connectivity index (χ1v) is 6.75. The molecule has 1 aliphatic rings. The first-order chi connectivity index (χ1) is 9.35. The van der Waals surface area contributed by atoms with E-state index in [1.807, 2.05) is 18.2 Å². The molecule has 0 bridgehead atoms. The number of hydrogen-bond donors (Lipinski definition) is 2. The Kier molecular flexibility index (Phi) is 3.46. The van der Waals surface area contributed by atoms with Gasteiger partial charge in [-0.3, -0.25) is 4.90 Å². The van der Waals surface area contributed by atoms with Crippen LogP contribution in [0.2, 0.25) is 0 Å². The summed E-state index contributed by atoms with van der Waals surface area (Å²) >= 11 is 0. The second-order valence-electron chi connectivity index (χ2n) is 4.96. The van der Waals surface area contributed by atoms with Gasteiger partial charge in [0.2, 0.25) is 5.95 Å². The topological polar surface area (TPSA) is 56.8 Å². The number of pyridine rings is 1. The van der Waals surface area contributed by atoms with Crippen molar-refractivity contribution in [3.05, 3.63) is 31.0 Å². The Labute approximate surface area is 112 Å². The van der Waals surface area contributed by atoms with Crippen LogP contribution in [0.15, 0.2) is 31.0 Å². The summed E-state index contributed by atoms with van der Waals surface area (Å²) in [5, 5.41) is 3.47. The largest absolute Gasteiger partial charge is 0.353 e. The average molecular weight is 257 g/mol. The van der Waals surface area contributed by atoms with E-state index in [9.17, 15) is 0 Å². The number of likely N-dealkylation sites (tertiary alicyclic amines) is 1. The fourth-order valence-electron chi connectivity index (χ4n) is 2.55. The van der Waals surface area contributed by atoms with Crippen molar-refractivity contribution in [2.75, 3.05) is 25.0 Å². The highest BCUT2D eigenvalue weighted by molar-refractivity contribution is 5.72. The van der Waals surface area contributed by atoms with Crippen LogP contribution in [0.25, 0.3) is 11.2 Å². The lowest BCUT2D eigenvalue weighted by Crippen LogP contribution is -2.39. The van der Waals surface area contributed by atoms with Crippen LogP contribution in [0, 0.1) is 0 Å². The van der Waals surface area contributed by atoms with Crippen LogP contribution in [-0.2, 0) is 0 Å². The molecule has 0 aromatic carbocycles. The third kappa shape index (κ3) is 2.76. The maximum Gasteiger partial charge on any atom is 0.202 e. The number of H-pyrrole nitrogens is 1. The third-order valence-corrected chi connectivity index (χ3v) is 3.57. The second-order valence-corrected chi connectivity index (χ2v) is 4.96. The van der Waals surface area contributed by atoms with Gasteiger partial charge in [-0.25, -0.2) is 9.97 Å². The number of piperidine rings is 1. The summed E-state index contributed by atoms with van der Waals surface area (Å²) in [7, 11) is 0. The zero-order valence-electron chi connectivity index (χ0n) is 11.0. The quantitative estimate of drug-likeness (QED) is 0.823. The van der Waals surface area contributed by atoms with Crippen LogP contribution in [0.3, 0.4) is 0 Å². The smallest absolute Gasteiger partial charge is 0.202 e. The van der Waals surface area contributed by atoms with E-state index in [1.165, 1.54) is 0 Å². The van der Waals surface area contributed by atoms with Gasteiger partial charge in [0.05, 0.1) is 0 Å². The van der Waals surface area contributed by atoms with E-state index >= 15 is 0 Å². The van der Waals surface area contributed by atoms with Crippen LogP contribution >= 0.6 is 0 Å². The zero-order valence-corrected chi connectivity index (χ0v) is 11.0. The fraction of sp³-hybridized carbons (Fsp3) is 0.429. The maximum absolute atomic E-state index is 4.50. The fourth-order valence-corrected chi connectivity index (χ4v) is 2.55. The molecule has 0 spiro atoms. The molecule has 1 saturated heterocycles. The Hall–Kier alpha value is -1.88. The van der Waals surface area contributed by atoms with Crippen LogP contribution in [0.4, 0.5) is 5.95 Å². The van der Waals surface area contributed by atoms with E-state index in [2.05, 4.69) is 31.7 Å². The lowest BCUT2D eigenvalue weighted by molar-refractivity contribution is 0.240. The van der Waals surface area contributed by atoms with E-state index in [0.29, 0.717) is 6.04 Å². The van der Waals surface area contributed by atoms with Gasteiger partial charge in [0.25, 0.3) is 0 Å². The summed E-state index contributed by atoms with van der Waals surface area (Å²) in [5.41, 5.74) is 1.75. The van der Waals surface area contributed by atoms with E-state index < -0.39 is 0 Å². The van der Waals surface area contributed by atoms with Crippen LogP contribution in [0.1, 0.15) is 12.8 Å². The molecule has 0 radical (unpaired) electrons. The highest BCUT2D eigenvalue weighted by atomic mass is 15.2. The van der Waals surface area contributed by atoms with Crippen LogP contribution < -0.4 is 5.32 Å². The number of aromatic amines is 1. The molecule has 2 aromatic rings. The molecule has 5 nitrogen and oxygen atoms in total. The summed E-state index contributed by atoms with van der Waals surface area (Å²) in [5.74, 6) is 0.830. The van der Waals surface area contributed by atoms with Gasteiger partial charge < -0.3 is 10.3 Å². The molecule has 1 fully saturated rings. The lowest BCUT2D eigenvalue weighted by Gasteiger charge is -2.31. The number of fused-ring (bicyclic) bond motifs is 1. The minimum Gasteiger partial charge on any atom is -0.353 e. The van der Waals surface area contributed by atoms with Crippen molar-refractivity contribution in [1.29, 1.82) is 0 Å². The molecule has 100 valence electrons. The average Bonchev–Trinajstić information content (AvgIpc) is 2.83. The number of aromatic nitrogens is 3. The first-order valence-electron chi connectivity index (χ1n) is 6.75. The van der Waals surface area contributed by atoms with Crippen molar-refractivity contribution in [2.24, 2.45) is 0 Å². The van der Waals surface area contributed by atoms with Gasteiger partial charge in [0.15, 0.2) is 5.65 Å². The number of nitrogens with zero attached hydrogens (tertiary/aromatic N) is 3. The number of anilines is 1. The van der Waals surface area contributed by atoms with E-state index in [-0.39, 0.29) is 0 Å². The van der Waals surface area contributed by atoms with Crippen molar-refractivity contribution >= 4 is 17.1 Å². The van der Waals surface area contributed by atoms with Gasteiger partial charge in [0, 0.05) is 31.9 Å². The molecule has 2 N–H and O–H groups in total. The van der Waals surface area contributed by atoms with E-state index in [0.717, 1.165) is 49.6 Å². The number of nitrogens with one attached hydrogen (secondary N) is 2. The highest BCUT2D eigenvalue weighted by Gasteiger charge is 2.19. The van der Waals surface area contributed by atoms with Crippen LogP contribution in [0.5, 0.6) is 0 Å². The summed E-state index contributed by atoms with van der Waals surface area (Å²) in [6, 6.07) is 4.36. The molecule has 5 heteroatoms. The van der Waals surface area contributed by atoms with E-state index in [1.54, 1.807) is 6.20 Å². The summed E-state index contributed by atoms with van der Waals surface area (Å²) in [6.45, 7) is 7.00. The first kappa shape index (κ1) is 12.2. The third-order valence-electron chi connectivity index (χ3n) is 3.57. The summed E-state index contributed by atoms with van der Waals surface area (Å²) < 4.78 is 0. The Balaban J connectivity index is 1.61. The van der Waals surface area contributed by atoms with E-state index in [4.69, 9.17) is 0 Å². The molecule has 2 aromatic heterocycles. The molecule has 3 rings (SSSR count). The number of hydrogen-bond acceptors (Lipinski definition) is 4. The maximum atomic E-state index is 4.50. The monoisotopic (exact) mass is 257 g/mol. The Morgan fingerprint density at radius 3 is 3.05 bits per heavy atom. The zero-order chi connectivity index (χ0) is 13.1. The van der Waals surface area contributed by atoms with Crippen molar-refractivity contribution in [2.45, 2.75) is 18.9 Å². The number of imidazole rings is 1. The predicted molar refractivity (Wildman–Crippen MR) is 77.2 cm³/mol. The Bertz CT molecular complexity index is 521. The minimum atomic E-state index is 0.488. The molecule has 0 saturated carbocycles. The lowest BCUT2D eigenvalue weighted by atomic mass is 10.1. The molecule has 0 aliphatic carbocycles. The molecule has 0 atom stereocenters. The van der Waals surface area contributed by atoms with Crippen molar-refractivity contribution in [3.8, 4) is 0 Å². The molecule has 19 heavy (non-hydrogen) atoms. The minimum absolute atomic E-state index is 0.488. The standard InChI is InChI=1S/C14H19N5/c1-2-8-19-9-5-11(6-10-19)16-14-17-12-4-3-7-15-13(12)18-14/h2-4,7,11H,1,5-6,8-10H2,(H2,15,16,17,18). The van der Waals surface area contributed by atoms with Gasteiger partial charge in [-0.15, -0.1) is 6.58 Å². The molecule has 3 heterocycles. The van der Waals surface area contributed by atoms with Crippen molar-refractivity contribution in [3.63, 3.8) is 0 Å². The summed E-state index contributed by atoms with van der Waals surface area (Å²) in [4.78, 5) is 14.4. The Morgan fingerprint density at radius 1 is 1.47 bits per heavy atom. The molecule has 0 unspecified atom stereocenters. The normalized spacial score (nSPS) is 17.7. The van der Waals surface area contributed by atoms with Gasteiger partial charge in [-0.2, -0.15) is 0 Å². The number of rotatable bonds is 4. The second kappa shape index (κ2) is 5.40. The molecule has 0 amide bonds. The van der Waals surface area contributed by atoms with Crippen molar-refractivity contribution < 1.29 is 0 Å². The predicted octanol–water partition coefficient (Wildman–Crippen LogP) is 2.02.